The fraction of sp³-hybridized carbons (Fsp3) is 0.222. The van der Waals surface area contributed by atoms with Crippen LogP contribution < -0.4 is 4.74 Å². The molecule has 0 aliphatic rings. The first-order chi connectivity index (χ1) is 16.1. The van der Waals surface area contributed by atoms with Gasteiger partial charge >= 0.3 is 0 Å². The Kier molecular flexibility index (Phi) is 8.91. The minimum absolute atomic E-state index is 0.114. The summed E-state index contributed by atoms with van der Waals surface area (Å²) in [6.07, 6.45) is 1.70. The van der Waals surface area contributed by atoms with Crippen molar-refractivity contribution in [3.8, 4) is 5.75 Å². The average molecular weight is 444 g/mol. The van der Waals surface area contributed by atoms with Gasteiger partial charge in [0.25, 0.3) is 5.91 Å². The largest absolute Gasteiger partial charge is 0.489 e. The van der Waals surface area contributed by atoms with Crippen LogP contribution in [0.2, 0.25) is 0 Å². The monoisotopic (exact) mass is 443 g/mol. The Balaban J connectivity index is 1.80. The number of amides is 1. The average Bonchev–Trinajstić information content (AvgIpc) is 2.86. The Labute approximate surface area is 194 Å². The zero-order chi connectivity index (χ0) is 23.5. The van der Waals surface area contributed by atoms with Gasteiger partial charge in [0, 0.05) is 24.9 Å². The normalized spacial score (nSPS) is 12.4. The van der Waals surface area contributed by atoms with Crippen molar-refractivity contribution in [3.05, 3.63) is 102 Å². The number of hydrogen-bond acceptors (Lipinski definition) is 5. The van der Waals surface area contributed by atoms with Crippen LogP contribution in [-0.2, 0) is 13.2 Å². The zero-order valence-electron chi connectivity index (χ0n) is 18.4. The third kappa shape index (κ3) is 6.85. The Morgan fingerprint density at radius 2 is 1.42 bits per heavy atom. The SMILES string of the molecule is N=CCC(O)C(CC=N)N(Cc1ccccc1)C(=O)c1ccc(OCc2ccccc2)cc1. The van der Waals surface area contributed by atoms with Gasteiger partial charge in [-0.05, 0) is 47.8 Å². The summed E-state index contributed by atoms with van der Waals surface area (Å²) < 4.78 is 5.82. The molecule has 0 radical (unpaired) electrons. The summed E-state index contributed by atoms with van der Waals surface area (Å²) in [5, 5.41) is 25.6. The van der Waals surface area contributed by atoms with Gasteiger partial charge in [-0.3, -0.25) is 4.79 Å². The second kappa shape index (κ2) is 12.3. The number of ether oxygens (including phenoxy) is 1. The molecule has 0 aliphatic heterocycles. The van der Waals surface area contributed by atoms with E-state index in [1.165, 1.54) is 6.21 Å². The van der Waals surface area contributed by atoms with Crippen molar-refractivity contribution < 1.29 is 14.6 Å². The highest BCUT2D eigenvalue weighted by atomic mass is 16.5. The molecule has 3 rings (SSSR count). The second-order valence-corrected chi connectivity index (χ2v) is 7.73. The molecular formula is C27H29N3O3. The van der Waals surface area contributed by atoms with Crippen LogP contribution in [0, 0.1) is 10.8 Å². The number of carbonyl (C=O) groups is 1. The maximum atomic E-state index is 13.5. The number of nitrogens with zero attached hydrogens (tertiary/aromatic N) is 1. The molecule has 0 heterocycles. The Bertz CT molecular complexity index is 1020. The van der Waals surface area contributed by atoms with E-state index < -0.39 is 12.1 Å². The smallest absolute Gasteiger partial charge is 0.254 e. The topological polar surface area (TPSA) is 97.5 Å². The summed E-state index contributed by atoms with van der Waals surface area (Å²) in [5.41, 5.74) is 2.45. The number of aliphatic hydroxyl groups excluding tert-OH is 1. The van der Waals surface area contributed by atoms with Crippen LogP contribution >= 0.6 is 0 Å². The van der Waals surface area contributed by atoms with Crippen molar-refractivity contribution >= 4 is 18.3 Å². The molecule has 0 bridgehead atoms. The van der Waals surface area contributed by atoms with Crippen molar-refractivity contribution in [2.75, 3.05) is 0 Å². The molecule has 0 aromatic heterocycles. The van der Waals surface area contributed by atoms with E-state index in [1.54, 1.807) is 29.2 Å². The Hall–Kier alpha value is -3.77. The molecule has 0 fully saturated rings. The highest BCUT2D eigenvalue weighted by molar-refractivity contribution is 5.94. The van der Waals surface area contributed by atoms with E-state index in [-0.39, 0.29) is 18.7 Å². The first-order valence-corrected chi connectivity index (χ1v) is 10.9. The van der Waals surface area contributed by atoms with Crippen molar-refractivity contribution in [1.29, 1.82) is 10.8 Å². The van der Waals surface area contributed by atoms with Gasteiger partial charge in [-0.2, -0.15) is 0 Å². The summed E-state index contributed by atoms with van der Waals surface area (Å²) in [4.78, 5) is 15.1. The second-order valence-electron chi connectivity index (χ2n) is 7.73. The Morgan fingerprint density at radius 1 is 0.848 bits per heavy atom. The van der Waals surface area contributed by atoms with Crippen molar-refractivity contribution in [2.24, 2.45) is 0 Å². The van der Waals surface area contributed by atoms with E-state index in [9.17, 15) is 9.90 Å². The van der Waals surface area contributed by atoms with Gasteiger partial charge in [0.1, 0.15) is 12.4 Å². The molecule has 6 heteroatoms. The predicted octanol–water partition coefficient (Wildman–Crippen LogP) is 4.72. The van der Waals surface area contributed by atoms with E-state index in [0.717, 1.165) is 17.3 Å². The molecule has 1 amide bonds. The molecule has 0 saturated carbocycles. The standard InChI is InChI=1S/C27H29N3O3/c28-17-15-25(26(31)16-18-29)30(19-21-7-3-1-4-8-21)27(32)23-11-13-24(14-12-23)33-20-22-9-5-2-6-10-22/h1-14,17-18,25-26,28-29,31H,15-16,19-20H2. The third-order valence-corrected chi connectivity index (χ3v) is 5.37. The van der Waals surface area contributed by atoms with Crippen LogP contribution in [-0.4, -0.2) is 40.5 Å². The van der Waals surface area contributed by atoms with Gasteiger partial charge < -0.3 is 25.6 Å². The molecular weight excluding hydrogens is 414 g/mol. The third-order valence-electron chi connectivity index (χ3n) is 5.37. The number of nitrogens with one attached hydrogen (secondary N) is 2. The van der Waals surface area contributed by atoms with E-state index in [4.69, 9.17) is 15.6 Å². The van der Waals surface area contributed by atoms with Crippen molar-refractivity contribution in [3.63, 3.8) is 0 Å². The molecule has 33 heavy (non-hydrogen) atoms. The molecule has 0 spiro atoms. The quantitative estimate of drug-likeness (QED) is 0.353. The lowest BCUT2D eigenvalue weighted by Gasteiger charge is -2.34. The van der Waals surface area contributed by atoms with E-state index in [1.807, 2.05) is 60.7 Å². The molecule has 0 aliphatic carbocycles. The summed E-state index contributed by atoms with van der Waals surface area (Å²) >= 11 is 0. The van der Waals surface area contributed by atoms with Crippen LogP contribution in [0.25, 0.3) is 0 Å². The number of rotatable bonds is 12. The van der Waals surface area contributed by atoms with Gasteiger partial charge in [-0.25, -0.2) is 0 Å². The van der Waals surface area contributed by atoms with E-state index >= 15 is 0 Å². The number of benzene rings is 3. The molecule has 170 valence electrons. The fourth-order valence-corrected chi connectivity index (χ4v) is 3.61. The molecule has 2 unspecified atom stereocenters. The summed E-state index contributed by atoms with van der Waals surface area (Å²) in [5.74, 6) is 0.411. The first kappa shape index (κ1) is 23.9. The molecule has 3 aromatic carbocycles. The zero-order valence-corrected chi connectivity index (χ0v) is 18.4. The minimum atomic E-state index is -0.940. The van der Waals surface area contributed by atoms with Crippen LogP contribution in [0.3, 0.4) is 0 Å². The fourth-order valence-electron chi connectivity index (χ4n) is 3.61. The first-order valence-electron chi connectivity index (χ1n) is 10.9. The van der Waals surface area contributed by atoms with Gasteiger partial charge in [0.2, 0.25) is 0 Å². The van der Waals surface area contributed by atoms with Gasteiger partial charge in [-0.1, -0.05) is 60.7 Å². The predicted molar refractivity (Wildman–Crippen MR) is 130 cm³/mol. The van der Waals surface area contributed by atoms with Gasteiger partial charge in [-0.15, -0.1) is 0 Å². The van der Waals surface area contributed by atoms with Crippen LogP contribution in [0.15, 0.2) is 84.9 Å². The number of aliphatic hydroxyl groups is 1. The van der Waals surface area contributed by atoms with Crippen LogP contribution in [0.4, 0.5) is 0 Å². The number of carbonyl (C=O) groups excluding carboxylic acids is 1. The van der Waals surface area contributed by atoms with E-state index in [2.05, 4.69) is 0 Å². The van der Waals surface area contributed by atoms with Crippen molar-refractivity contribution in [2.45, 2.75) is 38.1 Å². The minimum Gasteiger partial charge on any atom is -0.489 e. The summed E-state index contributed by atoms with van der Waals surface area (Å²) in [7, 11) is 0. The molecule has 0 saturated heterocycles. The summed E-state index contributed by atoms with van der Waals surface area (Å²) in [6.45, 7) is 0.727. The van der Waals surface area contributed by atoms with Crippen LogP contribution in [0.5, 0.6) is 5.75 Å². The lowest BCUT2D eigenvalue weighted by molar-refractivity contribution is 0.0373. The Morgan fingerprint density at radius 3 is 2.00 bits per heavy atom. The summed E-state index contributed by atoms with van der Waals surface area (Å²) in [6, 6.07) is 25.7. The lowest BCUT2D eigenvalue weighted by atomic mass is 10.0. The maximum Gasteiger partial charge on any atom is 0.254 e. The maximum absolute atomic E-state index is 13.5. The highest BCUT2D eigenvalue weighted by Crippen LogP contribution is 2.21. The highest BCUT2D eigenvalue weighted by Gasteiger charge is 2.29. The number of hydrogen-bond donors (Lipinski definition) is 3. The van der Waals surface area contributed by atoms with Gasteiger partial charge in [0.05, 0.1) is 12.1 Å². The van der Waals surface area contributed by atoms with Crippen LogP contribution in [0.1, 0.15) is 34.3 Å². The van der Waals surface area contributed by atoms with Crippen molar-refractivity contribution in [1.82, 2.24) is 4.90 Å². The lowest BCUT2D eigenvalue weighted by Crippen LogP contribution is -2.47. The van der Waals surface area contributed by atoms with Gasteiger partial charge in [0.15, 0.2) is 0 Å². The molecule has 3 aromatic rings. The molecule has 3 N–H and O–H groups in total. The van der Waals surface area contributed by atoms with E-state index in [0.29, 0.717) is 24.5 Å². The molecule has 2 atom stereocenters. The molecule has 6 nitrogen and oxygen atoms in total.